The molecule has 3 nitrogen and oxygen atoms in total. The number of ether oxygens (including phenoxy) is 1. The van der Waals surface area contributed by atoms with Gasteiger partial charge in [0, 0.05) is 12.8 Å². The Bertz CT molecular complexity index is 414. The second-order valence-electron chi connectivity index (χ2n) is 6.06. The second kappa shape index (κ2) is 7.02. The van der Waals surface area contributed by atoms with Gasteiger partial charge in [0.15, 0.2) is 0 Å². The summed E-state index contributed by atoms with van der Waals surface area (Å²) >= 11 is 0. The fraction of sp³-hybridized carbons (Fsp3) is 0.750. The van der Waals surface area contributed by atoms with Gasteiger partial charge in [0.25, 0.3) is 0 Å². The number of nitriles is 1. The molecule has 2 aliphatic rings. The van der Waals surface area contributed by atoms with Crippen molar-refractivity contribution in [2.75, 3.05) is 0 Å². The zero-order valence-corrected chi connectivity index (χ0v) is 12.0. The zero-order chi connectivity index (χ0) is 15.4. The number of alkyl halides is 2. The summed E-state index contributed by atoms with van der Waals surface area (Å²) in [6.45, 7) is 3.75. The molecule has 5 heteroatoms. The Balaban J connectivity index is 1.84. The monoisotopic (exact) mass is 297 g/mol. The van der Waals surface area contributed by atoms with Gasteiger partial charge in [-0.25, -0.2) is 8.78 Å². The molecular weight excluding hydrogens is 276 g/mol. The number of nitrogens with zero attached hydrogens (tertiary/aromatic N) is 1. The molecule has 21 heavy (non-hydrogen) atoms. The van der Waals surface area contributed by atoms with Gasteiger partial charge < -0.3 is 4.74 Å². The lowest BCUT2D eigenvalue weighted by molar-refractivity contribution is -0.159. The van der Waals surface area contributed by atoms with Crippen molar-refractivity contribution >= 4 is 5.97 Å². The Kier molecular flexibility index (Phi) is 5.33. The first-order valence-electron chi connectivity index (χ1n) is 7.56. The summed E-state index contributed by atoms with van der Waals surface area (Å²) in [5, 5.41) is 8.71. The molecule has 0 saturated heterocycles. The van der Waals surface area contributed by atoms with Crippen LogP contribution >= 0.6 is 0 Å². The predicted molar refractivity (Wildman–Crippen MR) is 73.7 cm³/mol. The summed E-state index contributed by atoms with van der Waals surface area (Å²) < 4.78 is 32.6. The number of hydrogen-bond acceptors (Lipinski definition) is 3. The minimum absolute atomic E-state index is 0.0770. The van der Waals surface area contributed by atoms with E-state index in [0.717, 1.165) is 25.7 Å². The molecule has 116 valence electrons. The van der Waals surface area contributed by atoms with Crippen LogP contribution in [0.3, 0.4) is 0 Å². The fourth-order valence-corrected chi connectivity index (χ4v) is 3.23. The van der Waals surface area contributed by atoms with Crippen molar-refractivity contribution in [2.45, 2.75) is 57.0 Å². The molecule has 2 rings (SSSR count). The SMILES string of the molecule is C=CC1CCC(C(=O)OC2CC(F)C(C#N)C(F)C2)CC1. The molecule has 0 aromatic carbocycles. The van der Waals surface area contributed by atoms with Crippen LogP contribution in [-0.4, -0.2) is 24.4 Å². The molecule has 0 bridgehead atoms. The Morgan fingerprint density at radius 3 is 2.24 bits per heavy atom. The predicted octanol–water partition coefficient (Wildman–Crippen LogP) is 3.50. The van der Waals surface area contributed by atoms with Gasteiger partial charge in [-0.3, -0.25) is 4.79 Å². The summed E-state index contributed by atoms with van der Waals surface area (Å²) in [6.07, 6.45) is 1.17. The molecule has 0 amide bonds. The lowest BCUT2D eigenvalue weighted by Gasteiger charge is -2.32. The number of allylic oxidation sites excluding steroid dienone is 1. The third kappa shape index (κ3) is 3.81. The molecule has 0 aliphatic heterocycles. The maximum absolute atomic E-state index is 13.7. The summed E-state index contributed by atoms with van der Waals surface area (Å²) in [5.41, 5.74) is 0. The van der Waals surface area contributed by atoms with Crippen molar-refractivity contribution in [3.05, 3.63) is 12.7 Å². The number of hydrogen-bond donors (Lipinski definition) is 0. The van der Waals surface area contributed by atoms with Gasteiger partial charge in [-0.15, -0.1) is 6.58 Å². The summed E-state index contributed by atoms with van der Waals surface area (Å²) in [4.78, 5) is 12.1. The lowest BCUT2D eigenvalue weighted by Crippen LogP contribution is -2.40. The number of carbonyl (C=O) groups excluding carboxylic acids is 1. The van der Waals surface area contributed by atoms with E-state index in [1.54, 1.807) is 6.07 Å². The third-order valence-electron chi connectivity index (χ3n) is 4.63. The van der Waals surface area contributed by atoms with E-state index in [4.69, 9.17) is 10.00 Å². The standard InChI is InChI=1S/C16H21F2NO2/c1-2-10-3-5-11(6-4-10)16(20)21-12-7-14(17)13(9-19)15(18)8-12/h2,10-15H,1,3-8H2. The smallest absolute Gasteiger partial charge is 0.309 e. The van der Waals surface area contributed by atoms with Crippen molar-refractivity contribution in [3.63, 3.8) is 0 Å². The van der Waals surface area contributed by atoms with Gasteiger partial charge in [0.2, 0.25) is 0 Å². The molecular formula is C16H21F2NO2. The van der Waals surface area contributed by atoms with Gasteiger partial charge in [-0.2, -0.15) is 5.26 Å². The number of carbonyl (C=O) groups is 1. The normalized spacial score (nSPS) is 40.0. The molecule has 2 fully saturated rings. The third-order valence-corrected chi connectivity index (χ3v) is 4.63. The molecule has 0 radical (unpaired) electrons. The molecule has 0 spiro atoms. The molecule has 2 aliphatic carbocycles. The van der Waals surface area contributed by atoms with Crippen LogP contribution in [0.15, 0.2) is 12.7 Å². The minimum atomic E-state index is -1.56. The quantitative estimate of drug-likeness (QED) is 0.592. The fourth-order valence-electron chi connectivity index (χ4n) is 3.23. The van der Waals surface area contributed by atoms with Crippen molar-refractivity contribution in [3.8, 4) is 6.07 Å². The molecule has 2 unspecified atom stereocenters. The number of halogens is 2. The first kappa shape index (κ1) is 15.9. The highest BCUT2D eigenvalue weighted by atomic mass is 19.1. The Morgan fingerprint density at radius 1 is 1.19 bits per heavy atom. The van der Waals surface area contributed by atoms with Gasteiger partial charge >= 0.3 is 5.97 Å². The second-order valence-corrected chi connectivity index (χ2v) is 6.06. The average Bonchev–Trinajstić information content (AvgIpc) is 2.47. The molecule has 0 aromatic heterocycles. The molecule has 2 saturated carbocycles. The lowest BCUT2D eigenvalue weighted by atomic mass is 9.82. The van der Waals surface area contributed by atoms with E-state index in [2.05, 4.69) is 6.58 Å². The number of rotatable bonds is 3. The first-order chi connectivity index (χ1) is 10.0. The Hall–Kier alpha value is -1.44. The van der Waals surface area contributed by atoms with Gasteiger partial charge in [0.1, 0.15) is 24.4 Å². The highest BCUT2D eigenvalue weighted by molar-refractivity contribution is 5.72. The number of esters is 1. The van der Waals surface area contributed by atoms with Crippen molar-refractivity contribution in [1.29, 1.82) is 5.26 Å². The van der Waals surface area contributed by atoms with E-state index in [9.17, 15) is 13.6 Å². The van der Waals surface area contributed by atoms with Crippen LogP contribution in [0.25, 0.3) is 0 Å². The maximum atomic E-state index is 13.7. The van der Waals surface area contributed by atoms with Gasteiger partial charge in [-0.1, -0.05) is 6.08 Å². The van der Waals surface area contributed by atoms with E-state index in [0.29, 0.717) is 5.92 Å². The van der Waals surface area contributed by atoms with Crippen molar-refractivity contribution in [2.24, 2.45) is 17.8 Å². The summed E-state index contributed by atoms with van der Waals surface area (Å²) in [6, 6.07) is 1.65. The Morgan fingerprint density at radius 2 is 1.76 bits per heavy atom. The van der Waals surface area contributed by atoms with E-state index >= 15 is 0 Å². The van der Waals surface area contributed by atoms with Gasteiger partial charge in [0.05, 0.1) is 12.0 Å². The molecule has 0 N–H and O–H groups in total. The minimum Gasteiger partial charge on any atom is -0.462 e. The largest absolute Gasteiger partial charge is 0.462 e. The summed E-state index contributed by atoms with van der Waals surface area (Å²) in [5.74, 6) is -1.31. The first-order valence-corrected chi connectivity index (χ1v) is 7.56. The van der Waals surface area contributed by atoms with Crippen LogP contribution in [0, 0.1) is 29.1 Å². The maximum Gasteiger partial charge on any atom is 0.309 e. The van der Waals surface area contributed by atoms with Crippen LogP contribution in [0.4, 0.5) is 8.78 Å². The Labute approximate surface area is 124 Å². The van der Waals surface area contributed by atoms with Crippen molar-refractivity contribution in [1.82, 2.24) is 0 Å². The van der Waals surface area contributed by atoms with Crippen LogP contribution in [0.2, 0.25) is 0 Å². The van der Waals surface area contributed by atoms with Crippen LogP contribution in [0.5, 0.6) is 0 Å². The average molecular weight is 297 g/mol. The van der Waals surface area contributed by atoms with Crippen LogP contribution in [-0.2, 0) is 9.53 Å². The topological polar surface area (TPSA) is 50.1 Å². The van der Waals surface area contributed by atoms with E-state index in [1.165, 1.54) is 0 Å². The molecule has 0 aromatic rings. The molecule has 2 atom stereocenters. The van der Waals surface area contributed by atoms with E-state index in [-0.39, 0.29) is 24.7 Å². The highest BCUT2D eigenvalue weighted by Crippen LogP contribution is 2.34. The highest BCUT2D eigenvalue weighted by Gasteiger charge is 2.41. The van der Waals surface area contributed by atoms with Crippen molar-refractivity contribution < 1.29 is 18.3 Å². The van der Waals surface area contributed by atoms with E-state index < -0.39 is 24.4 Å². The van der Waals surface area contributed by atoms with Gasteiger partial charge in [-0.05, 0) is 31.6 Å². The van der Waals surface area contributed by atoms with Crippen LogP contribution < -0.4 is 0 Å². The summed E-state index contributed by atoms with van der Waals surface area (Å²) in [7, 11) is 0. The zero-order valence-electron chi connectivity index (χ0n) is 12.0. The molecule has 0 heterocycles. The van der Waals surface area contributed by atoms with Crippen LogP contribution in [0.1, 0.15) is 38.5 Å². The van der Waals surface area contributed by atoms with E-state index in [1.807, 2.05) is 6.08 Å².